The maximum Gasteiger partial charge on any atom is 0.321 e. The van der Waals surface area contributed by atoms with Crippen LogP contribution in [0.4, 0.5) is 0 Å². The van der Waals surface area contributed by atoms with Crippen molar-refractivity contribution in [1.29, 1.82) is 0 Å². The van der Waals surface area contributed by atoms with E-state index in [-0.39, 0.29) is 51.5 Å². The zero-order valence-electron chi connectivity index (χ0n) is 16.5. The molecule has 29 heavy (non-hydrogen) atoms. The Labute approximate surface area is 217 Å². The van der Waals surface area contributed by atoms with Crippen LogP contribution in [0.25, 0.3) is 0 Å². The summed E-state index contributed by atoms with van der Waals surface area (Å²) in [6, 6.07) is 8.11. The number of hydrogen-bond acceptors (Lipinski definition) is 6. The Morgan fingerprint density at radius 2 is 1.76 bits per heavy atom. The van der Waals surface area contributed by atoms with Crippen LogP contribution < -0.4 is 18.9 Å². The molecule has 0 heterocycles. The average molecular weight is 637 g/mol. The number of phenolic OH excluding ortho intramolecular Hbond substituents is 1. The predicted octanol–water partition coefficient (Wildman–Crippen LogP) is 3.94. The quantitative estimate of drug-likeness (QED) is 0.163. The Balaban J connectivity index is 0.00000420. The van der Waals surface area contributed by atoms with E-state index >= 15 is 0 Å². The van der Waals surface area contributed by atoms with Crippen LogP contribution in [0.15, 0.2) is 30.3 Å². The van der Waals surface area contributed by atoms with Crippen LogP contribution in [0, 0.1) is 53.1 Å². The number of phenols is 1. The molecule has 0 unspecified atom stereocenters. The monoisotopic (exact) mass is 637 g/mol. The molecule has 0 amide bonds. The van der Waals surface area contributed by atoms with Gasteiger partial charge in [-0.2, -0.15) is 0 Å². The van der Waals surface area contributed by atoms with Crippen LogP contribution in [-0.2, 0) is 4.79 Å². The third-order valence-corrected chi connectivity index (χ3v) is 4.20. The van der Waals surface area contributed by atoms with Crippen LogP contribution in [0.5, 0.6) is 28.7 Å². The second-order valence-electron chi connectivity index (χ2n) is 5.59. The SMILES string of the molecule is CCCOc1cc(OC(=O)CI)c(C#Cc2ccc(OC)c(O)c2)cc1OC.[Pr]. The Hall–Kier alpha value is -1.24. The van der Waals surface area contributed by atoms with Gasteiger partial charge in [-0.25, -0.2) is 0 Å². The van der Waals surface area contributed by atoms with Crippen molar-refractivity contribution in [3.8, 4) is 40.6 Å². The number of carbonyl (C=O) groups excluding carboxylic acids is 1. The van der Waals surface area contributed by atoms with Crippen molar-refractivity contribution in [2.75, 3.05) is 25.3 Å². The first-order valence-electron chi connectivity index (χ1n) is 8.52. The Bertz CT molecular complexity index is 904. The van der Waals surface area contributed by atoms with Gasteiger partial charge in [-0.05, 0) is 24.6 Å². The van der Waals surface area contributed by atoms with Crippen molar-refractivity contribution in [3.05, 3.63) is 41.5 Å². The number of ether oxygens (including phenoxy) is 4. The zero-order valence-corrected chi connectivity index (χ0v) is 22.3. The van der Waals surface area contributed by atoms with Crippen LogP contribution in [0.2, 0.25) is 0 Å². The molecule has 0 spiro atoms. The molecule has 1 radical (unpaired) electrons. The fourth-order valence-corrected chi connectivity index (χ4v) is 2.42. The van der Waals surface area contributed by atoms with Crippen LogP contribution in [0.3, 0.4) is 0 Å². The summed E-state index contributed by atoms with van der Waals surface area (Å²) in [5, 5.41) is 9.90. The van der Waals surface area contributed by atoms with Gasteiger partial charge in [0.1, 0.15) is 5.75 Å². The number of alkyl halides is 1. The van der Waals surface area contributed by atoms with Gasteiger partial charge in [-0.3, -0.25) is 4.79 Å². The van der Waals surface area contributed by atoms with Crippen molar-refractivity contribution >= 4 is 28.6 Å². The maximum atomic E-state index is 11.8. The summed E-state index contributed by atoms with van der Waals surface area (Å²) in [5.74, 6) is 7.13. The number of carbonyl (C=O) groups is 1. The van der Waals surface area contributed by atoms with Gasteiger partial charge in [0, 0.05) is 59.0 Å². The van der Waals surface area contributed by atoms with E-state index in [0.29, 0.717) is 40.7 Å². The second-order valence-corrected chi connectivity index (χ2v) is 6.35. The fraction of sp³-hybridized carbons (Fsp3) is 0.286. The first-order valence-corrected chi connectivity index (χ1v) is 10.0. The van der Waals surface area contributed by atoms with Gasteiger partial charge < -0.3 is 24.1 Å². The number of halogens is 1. The van der Waals surface area contributed by atoms with E-state index < -0.39 is 5.97 Å². The third-order valence-electron chi connectivity index (χ3n) is 3.58. The molecule has 2 aromatic carbocycles. The smallest absolute Gasteiger partial charge is 0.321 e. The second kappa shape index (κ2) is 13.1. The average Bonchev–Trinajstić information content (AvgIpc) is 2.71. The molecule has 0 aliphatic heterocycles. The number of rotatable bonds is 7. The third kappa shape index (κ3) is 7.51. The molecule has 6 nitrogen and oxygen atoms in total. The van der Waals surface area contributed by atoms with Gasteiger partial charge in [0.05, 0.1) is 30.8 Å². The van der Waals surface area contributed by atoms with Gasteiger partial charge in [0.25, 0.3) is 0 Å². The van der Waals surface area contributed by atoms with E-state index in [9.17, 15) is 9.90 Å². The van der Waals surface area contributed by atoms with Gasteiger partial charge in [-0.15, -0.1) is 0 Å². The molecule has 8 heteroatoms. The standard InChI is InChI=1S/C21H21IO6.Pr/c1-4-9-27-20-12-18(28-21(24)13-22)15(11-19(20)26-3)7-5-14-6-8-17(25-2)16(23)10-14;/h6,8,10-12,23H,4,9,13H2,1-3H3;. The summed E-state index contributed by atoms with van der Waals surface area (Å²) in [6.45, 7) is 2.50. The molecule has 151 valence electrons. The minimum absolute atomic E-state index is 0. The molecule has 2 aromatic rings. The van der Waals surface area contributed by atoms with Crippen molar-refractivity contribution in [2.24, 2.45) is 0 Å². The summed E-state index contributed by atoms with van der Waals surface area (Å²) in [4.78, 5) is 11.8. The zero-order chi connectivity index (χ0) is 20.5. The number of benzene rings is 2. The predicted molar refractivity (Wildman–Crippen MR) is 114 cm³/mol. The summed E-state index contributed by atoms with van der Waals surface area (Å²) in [7, 11) is 3.01. The van der Waals surface area contributed by atoms with Crippen molar-refractivity contribution < 1.29 is 70.1 Å². The first kappa shape index (κ1) is 25.8. The van der Waals surface area contributed by atoms with E-state index in [1.54, 1.807) is 24.3 Å². The van der Waals surface area contributed by atoms with E-state index in [1.807, 2.05) is 29.5 Å². The molecule has 0 bridgehead atoms. The maximum absolute atomic E-state index is 11.8. The molecule has 0 aliphatic carbocycles. The fourth-order valence-electron chi connectivity index (χ4n) is 2.26. The number of esters is 1. The molecule has 0 atom stereocenters. The molecule has 0 saturated carbocycles. The van der Waals surface area contributed by atoms with Crippen LogP contribution in [-0.4, -0.2) is 36.3 Å². The van der Waals surface area contributed by atoms with Crippen molar-refractivity contribution in [1.82, 2.24) is 0 Å². The first-order chi connectivity index (χ1) is 13.5. The van der Waals surface area contributed by atoms with Gasteiger partial charge in [0.2, 0.25) is 0 Å². The molecule has 1 N–H and O–H groups in total. The Kier molecular flexibility index (Phi) is 11.7. The molecule has 0 saturated heterocycles. The molecule has 0 fully saturated rings. The van der Waals surface area contributed by atoms with Gasteiger partial charge in [0.15, 0.2) is 23.0 Å². The van der Waals surface area contributed by atoms with E-state index in [1.165, 1.54) is 20.3 Å². The summed E-state index contributed by atoms with van der Waals surface area (Å²) in [5.41, 5.74) is 1.05. The van der Waals surface area contributed by atoms with Crippen LogP contribution >= 0.6 is 22.6 Å². The summed E-state index contributed by atoms with van der Waals surface area (Å²) < 4.78 is 21.7. The minimum Gasteiger partial charge on any atom is -0.504 e. The van der Waals surface area contributed by atoms with Crippen molar-refractivity contribution in [3.63, 3.8) is 0 Å². The summed E-state index contributed by atoms with van der Waals surface area (Å²) >= 11 is 1.93. The molecular formula is C21H21IO6Pr. The normalized spacial score (nSPS) is 9.52. The number of aromatic hydroxyl groups is 1. The Morgan fingerprint density at radius 1 is 1.03 bits per heavy atom. The van der Waals surface area contributed by atoms with Crippen molar-refractivity contribution in [2.45, 2.75) is 13.3 Å². The van der Waals surface area contributed by atoms with E-state index in [2.05, 4.69) is 11.8 Å². The molecular weight excluding hydrogens is 616 g/mol. The summed E-state index contributed by atoms with van der Waals surface area (Å²) in [6.07, 6.45) is 0.828. The molecule has 0 aliphatic rings. The van der Waals surface area contributed by atoms with E-state index in [0.717, 1.165) is 6.42 Å². The molecule has 2 rings (SSSR count). The minimum atomic E-state index is -0.391. The molecule has 0 aromatic heterocycles. The van der Waals surface area contributed by atoms with Crippen LogP contribution in [0.1, 0.15) is 24.5 Å². The van der Waals surface area contributed by atoms with Gasteiger partial charge >= 0.3 is 5.97 Å². The van der Waals surface area contributed by atoms with Gasteiger partial charge in [-0.1, -0.05) is 41.4 Å². The topological polar surface area (TPSA) is 74.2 Å². The number of methoxy groups -OCH3 is 2. The Morgan fingerprint density at radius 3 is 2.34 bits per heavy atom. The largest absolute Gasteiger partial charge is 0.504 e. The number of hydrogen-bond donors (Lipinski definition) is 1. The van der Waals surface area contributed by atoms with E-state index in [4.69, 9.17) is 18.9 Å².